The van der Waals surface area contributed by atoms with Gasteiger partial charge in [-0.3, -0.25) is 4.79 Å². The Hall–Kier alpha value is -2.47. The zero-order valence-corrected chi connectivity index (χ0v) is 18.2. The lowest BCUT2D eigenvalue weighted by Gasteiger charge is -2.36. The molecule has 30 heavy (non-hydrogen) atoms. The average Bonchev–Trinajstić information content (AvgIpc) is 3.25. The van der Waals surface area contributed by atoms with Crippen LogP contribution in [0.2, 0.25) is 10.0 Å². The number of nitrogens with zero attached hydrogens (tertiary/aromatic N) is 2. The van der Waals surface area contributed by atoms with E-state index in [1.807, 2.05) is 24.3 Å². The van der Waals surface area contributed by atoms with E-state index in [-0.39, 0.29) is 11.7 Å². The summed E-state index contributed by atoms with van der Waals surface area (Å²) in [6.07, 6.45) is 0. The minimum Gasteiger partial charge on any atom is -0.451 e. The predicted molar refractivity (Wildman–Crippen MR) is 123 cm³/mol. The maximum atomic E-state index is 12.6. The van der Waals surface area contributed by atoms with E-state index in [9.17, 15) is 4.79 Å². The maximum absolute atomic E-state index is 12.6. The normalized spacial score (nSPS) is 14.7. The number of benzene rings is 2. The molecule has 0 saturated carbocycles. The Kier molecular flexibility index (Phi) is 6.32. The Bertz CT molecular complexity index is 1030. The third-order valence-electron chi connectivity index (χ3n) is 5.32. The third-order valence-corrected chi connectivity index (χ3v) is 5.88. The molecule has 7 heteroatoms. The highest BCUT2D eigenvalue weighted by atomic mass is 35.5. The van der Waals surface area contributed by atoms with Gasteiger partial charge in [0.15, 0.2) is 5.76 Å². The second-order valence-corrected chi connectivity index (χ2v) is 8.06. The fourth-order valence-corrected chi connectivity index (χ4v) is 3.99. The van der Waals surface area contributed by atoms with Crippen LogP contribution in [0.1, 0.15) is 17.5 Å². The number of nitrogens with one attached hydrogen (secondary N) is 1. The highest BCUT2D eigenvalue weighted by molar-refractivity contribution is 6.33. The van der Waals surface area contributed by atoms with Gasteiger partial charge >= 0.3 is 0 Å². The molecule has 0 unspecified atom stereocenters. The first-order valence-corrected chi connectivity index (χ1v) is 10.7. The summed E-state index contributed by atoms with van der Waals surface area (Å²) >= 11 is 12.4. The second kappa shape index (κ2) is 9.13. The van der Waals surface area contributed by atoms with Gasteiger partial charge in [-0.05, 0) is 61.1 Å². The third kappa shape index (κ3) is 4.64. The van der Waals surface area contributed by atoms with E-state index < -0.39 is 0 Å². The number of rotatable bonds is 5. The van der Waals surface area contributed by atoms with Crippen LogP contribution >= 0.6 is 23.2 Å². The first-order chi connectivity index (χ1) is 14.5. The van der Waals surface area contributed by atoms with E-state index >= 15 is 0 Å². The quantitative estimate of drug-likeness (QED) is 0.553. The summed E-state index contributed by atoms with van der Waals surface area (Å²) in [7, 11) is 0. The number of carbonyl (C=O) groups is 1. The molecule has 0 bridgehead atoms. The van der Waals surface area contributed by atoms with Gasteiger partial charge in [0.25, 0.3) is 5.91 Å². The first kappa shape index (κ1) is 20.8. The molecule has 156 valence electrons. The van der Waals surface area contributed by atoms with Crippen molar-refractivity contribution in [1.82, 2.24) is 4.90 Å². The molecule has 1 amide bonds. The van der Waals surface area contributed by atoms with Gasteiger partial charge in [0.2, 0.25) is 0 Å². The average molecular weight is 444 g/mol. The number of piperazine rings is 1. The Labute approximate surface area is 186 Å². The van der Waals surface area contributed by atoms with Crippen molar-refractivity contribution in [3.63, 3.8) is 0 Å². The van der Waals surface area contributed by atoms with Crippen molar-refractivity contribution in [2.45, 2.75) is 6.92 Å². The van der Waals surface area contributed by atoms with Crippen molar-refractivity contribution in [2.75, 3.05) is 42.9 Å². The molecule has 0 atom stereocenters. The number of hydrogen-bond donors (Lipinski definition) is 1. The monoisotopic (exact) mass is 443 g/mol. The van der Waals surface area contributed by atoms with Crippen molar-refractivity contribution in [2.24, 2.45) is 0 Å². The van der Waals surface area contributed by atoms with Crippen molar-refractivity contribution in [3.8, 4) is 11.3 Å². The van der Waals surface area contributed by atoms with Crippen LogP contribution in [0.4, 0.5) is 11.4 Å². The van der Waals surface area contributed by atoms with Crippen LogP contribution in [0.3, 0.4) is 0 Å². The predicted octanol–water partition coefficient (Wildman–Crippen LogP) is 5.65. The Morgan fingerprint density at radius 3 is 2.40 bits per heavy atom. The van der Waals surface area contributed by atoms with Gasteiger partial charge in [0.05, 0.1) is 10.7 Å². The van der Waals surface area contributed by atoms with Crippen molar-refractivity contribution in [3.05, 3.63) is 70.4 Å². The summed E-state index contributed by atoms with van der Waals surface area (Å²) in [4.78, 5) is 17.3. The van der Waals surface area contributed by atoms with Crippen LogP contribution < -0.4 is 10.2 Å². The summed E-state index contributed by atoms with van der Waals surface area (Å²) in [5, 5.41) is 4.13. The van der Waals surface area contributed by atoms with Crippen molar-refractivity contribution < 1.29 is 9.21 Å². The molecule has 1 fully saturated rings. The lowest BCUT2D eigenvalue weighted by atomic mass is 10.2. The van der Waals surface area contributed by atoms with Crippen LogP contribution in [-0.2, 0) is 0 Å². The fraction of sp³-hybridized carbons (Fsp3) is 0.261. The molecule has 5 nitrogen and oxygen atoms in total. The molecule has 3 aromatic rings. The highest BCUT2D eigenvalue weighted by Crippen LogP contribution is 2.30. The van der Waals surface area contributed by atoms with Crippen molar-refractivity contribution >= 4 is 40.5 Å². The molecule has 1 saturated heterocycles. The Morgan fingerprint density at radius 1 is 1.00 bits per heavy atom. The first-order valence-electron chi connectivity index (χ1n) is 9.97. The van der Waals surface area contributed by atoms with Gasteiger partial charge in [-0.1, -0.05) is 30.1 Å². The Balaban J connectivity index is 1.42. The molecular weight excluding hydrogens is 421 g/mol. The van der Waals surface area contributed by atoms with Crippen LogP contribution in [0.5, 0.6) is 0 Å². The molecule has 1 aliphatic heterocycles. The number of amides is 1. The Morgan fingerprint density at radius 2 is 1.73 bits per heavy atom. The van der Waals surface area contributed by atoms with E-state index in [0.29, 0.717) is 21.5 Å². The lowest BCUT2D eigenvalue weighted by molar-refractivity contribution is 0.0997. The SMILES string of the molecule is CCN1CCN(c2ccc(NC(=O)c3ccc(-c4ccc(Cl)cc4)o3)cc2Cl)CC1. The topological polar surface area (TPSA) is 48.7 Å². The molecule has 2 heterocycles. The summed E-state index contributed by atoms with van der Waals surface area (Å²) in [6.45, 7) is 7.19. The second-order valence-electron chi connectivity index (χ2n) is 7.21. The van der Waals surface area contributed by atoms with E-state index in [2.05, 4.69) is 22.0 Å². The zero-order valence-electron chi connectivity index (χ0n) is 16.7. The number of likely N-dealkylation sites (N-methyl/N-ethyl adjacent to an activating group) is 1. The summed E-state index contributed by atoms with van der Waals surface area (Å²) < 4.78 is 5.71. The van der Waals surface area contributed by atoms with E-state index in [0.717, 1.165) is 44.0 Å². The number of halogens is 2. The van der Waals surface area contributed by atoms with Crippen LogP contribution in [0.15, 0.2) is 59.0 Å². The standard InChI is InChI=1S/C23H23Cl2N3O2/c1-2-27-11-13-28(14-12-27)20-8-7-18(15-19(20)25)26-23(29)22-10-9-21(30-22)16-3-5-17(24)6-4-16/h3-10,15H,2,11-14H2,1H3,(H,26,29). The minimum absolute atomic E-state index is 0.232. The molecule has 2 aromatic carbocycles. The summed E-state index contributed by atoms with van der Waals surface area (Å²) in [5.74, 6) is 0.517. The van der Waals surface area contributed by atoms with E-state index in [1.165, 1.54) is 0 Å². The number of carbonyl (C=O) groups excluding carboxylic acids is 1. The lowest BCUT2D eigenvalue weighted by Crippen LogP contribution is -2.46. The van der Waals surface area contributed by atoms with E-state index in [4.69, 9.17) is 27.6 Å². The molecule has 1 aromatic heterocycles. The van der Waals surface area contributed by atoms with Gasteiger partial charge in [-0.15, -0.1) is 0 Å². The number of anilines is 2. The largest absolute Gasteiger partial charge is 0.451 e. The van der Waals surface area contributed by atoms with Crippen LogP contribution in [-0.4, -0.2) is 43.5 Å². The maximum Gasteiger partial charge on any atom is 0.291 e. The molecule has 0 spiro atoms. The minimum atomic E-state index is -0.324. The van der Waals surface area contributed by atoms with Gasteiger partial charge in [0.1, 0.15) is 5.76 Å². The van der Waals surface area contributed by atoms with Gasteiger partial charge < -0.3 is 19.5 Å². The van der Waals surface area contributed by atoms with Crippen LogP contribution in [0.25, 0.3) is 11.3 Å². The molecule has 0 aliphatic carbocycles. The van der Waals surface area contributed by atoms with E-state index in [1.54, 1.807) is 30.3 Å². The fourth-order valence-electron chi connectivity index (χ4n) is 3.57. The molecule has 4 rings (SSSR count). The number of furan rings is 1. The van der Waals surface area contributed by atoms with Crippen molar-refractivity contribution in [1.29, 1.82) is 0 Å². The molecule has 1 aliphatic rings. The highest BCUT2D eigenvalue weighted by Gasteiger charge is 2.19. The van der Waals surface area contributed by atoms with Gasteiger partial charge in [-0.25, -0.2) is 0 Å². The number of hydrogen-bond acceptors (Lipinski definition) is 4. The summed E-state index contributed by atoms with van der Waals surface area (Å²) in [5.41, 5.74) is 2.48. The smallest absolute Gasteiger partial charge is 0.291 e. The van der Waals surface area contributed by atoms with Gasteiger partial charge in [0, 0.05) is 42.5 Å². The van der Waals surface area contributed by atoms with Gasteiger partial charge in [-0.2, -0.15) is 0 Å². The van der Waals surface area contributed by atoms with Crippen LogP contribution in [0, 0.1) is 0 Å². The molecule has 1 N–H and O–H groups in total. The zero-order chi connectivity index (χ0) is 21.1. The molecular formula is C23H23Cl2N3O2. The summed E-state index contributed by atoms with van der Waals surface area (Å²) in [6, 6.07) is 16.3. The molecule has 0 radical (unpaired) electrons.